The summed E-state index contributed by atoms with van der Waals surface area (Å²) in [5.41, 5.74) is 0.844. The molecular weight excluding hydrogens is 415 g/mol. The van der Waals surface area contributed by atoms with Gasteiger partial charge in [0.1, 0.15) is 0 Å². The van der Waals surface area contributed by atoms with Gasteiger partial charge in [-0.05, 0) is 46.5 Å². The van der Waals surface area contributed by atoms with Crippen LogP contribution in [-0.4, -0.2) is 41.9 Å². The molecule has 0 unspecified atom stereocenters. The van der Waals surface area contributed by atoms with Crippen LogP contribution in [0.15, 0.2) is 29.0 Å². The first-order valence-electron chi connectivity index (χ1n) is 7.00. The molecule has 0 aliphatic carbocycles. The molecule has 3 heterocycles. The Morgan fingerprint density at radius 2 is 2.14 bits per heavy atom. The number of amides is 1. The molecule has 1 aliphatic heterocycles. The highest BCUT2D eigenvalue weighted by molar-refractivity contribution is 14.1. The standard InChI is InChI=1S/C15H17IN2OS2/c16-14-9-12(11-21-14)15(19)18-5-2-4-17(6-7-18)10-13-3-1-8-20-13/h1,3,8-9,11H,2,4-7,10H2. The largest absolute Gasteiger partial charge is 0.337 e. The van der Waals surface area contributed by atoms with Crippen molar-refractivity contribution < 1.29 is 4.79 Å². The average molecular weight is 432 g/mol. The molecular formula is C15H17IN2OS2. The minimum Gasteiger partial charge on any atom is -0.337 e. The fourth-order valence-corrected chi connectivity index (χ4v) is 4.63. The Bertz CT molecular complexity index is 597. The van der Waals surface area contributed by atoms with Crippen LogP contribution in [0, 0.1) is 2.88 Å². The van der Waals surface area contributed by atoms with Crippen LogP contribution in [0.5, 0.6) is 0 Å². The van der Waals surface area contributed by atoms with Crippen molar-refractivity contribution in [3.8, 4) is 0 Å². The van der Waals surface area contributed by atoms with Gasteiger partial charge in [0, 0.05) is 43.0 Å². The molecule has 6 heteroatoms. The summed E-state index contributed by atoms with van der Waals surface area (Å²) in [5.74, 6) is 0.187. The number of halogens is 1. The van der Waals surface area contributed by atoms with Crippen LogP contribution >= 0.6 is 45.3 Å². The highest BCUT2D eigenvalue weighted by Gasteiger charge is 2.21. The number of hydrogen-bond donors (Lipinski definition) is 0. The zero-order valence-electron chi connectivity index (χ0n) is 11.6. The van der Waals surface area contributed by atoms with E-state index in [0.717, 1.165) is 44.7 Å². The molecule has 0 bridgehead atoms. The van der Waals surface area contributed by atoms with Crippen molar-refractivity contribution in [2.45, 2.75) is 13.0 Å². The third kappa shape index (κ3) is 4.06. The molecule has 112 valence electrons. The van der Waals surface area contributed by atoms with E-state index >= 15 is 0 Å². The summed E-state index contributed by atoms with van der Waals surface area (Å²) in [5, 5.41) is 4.10. The highest BCUT2D eigenvalue weighted by atomic mass is 127. The van der Waals surface area contributed by atoms with Gasteiger partial charge in [0.25, 0.3) is 5.91 Å². The smallest absolute Gasteiger partial charge is 0.254 e. The van der Waals surface area contributed by atoms with E-state index in [2.05, 4.69) is 45.0 Å². The molecule has 2 aromatic heterocycles. The second kappa shape index (κ2) is 7.21. The van der Waals surface area contributed by atoms with Gasteiger partial charge in [-0.2, -0.15) is 0 Å². The Kier molecular flexibility index (Phi) is 5.31. The number of thiophene rings is 2. The summed E-state index contributed by atoms with van der Waals surface area (Å²) in [7, 11) is 0. The molecule has 1 aliphatic rings. The molecule has 0 N–H and O–H groups in total. The zero-order valence-corrected chi connectivity index (χ0v) is 15.4. The molecule has 3 rings (SSSR count). The predicted octanol–water partition coefficient (Wildman–Crippen LogP) is 3.76. The second-order valence-electron chi connectivity index (χ2n) is 5.14. The van der Waals surface area contributed by atoms with Crippen LogP contribution in [0.2, 0.25) is 0 Å². The number of nitrogens with zero attached hydrogens (tertiary/aromatic N) is 2. The number of carbonyl (C=O) groups is 1. The molecule has 0 spiro atoms. The average Bonchev–Trinajstić information content (AvgIpc) is 3.07. The normalized spacial score (nSPS) is 16.9. The number of rotatable bonds is 3. The molecule has 0 aromatic carbocycles. The Morgan fingerprint density at radius 3 is 2.86 bits per heavy atom. The van der Waals surface area contributed by atoms with Gasteiger partial charge < -0.3 is 4.90 Å². The summed E-state index contributed by atoms with van der Waals surface area (Å²) < 4.78 is 1.17. The molecule has 21 heavy (non-hydrogen) atoms. The fraction of sp³-hybridized carbons (Fsp3) is 0.400. The van der Waals surface area contributed by atoms with Gasteiger partial charge >= 0.3 is 0 Å². The van der Waals surface area contributed by atoms with Gasteiger partial charge in [-0.3, -0.25) is 9.69 Å². The van der Waals surface area contributed by atoms with E-state index in [1.54, 1.807) is 11.3 Å². The van der Waals surface area contributed by atoms with E-state index in [0.29, 0.717) is 0 Å². The van der Waals surface area contributed by atoms with E-state index in [9.17, 15) is 4.79 Å². The molecule has 0 saturated carbocycles. The van der Waals surface area contributed by atoms with Crippen molar-refractivity contribution in [2.24, 2.45) is 0 Å². The maximum Gasteiger partial charge on any atom is 0.254 e. The lowest BCUT2D eigenvalue weighted by Crippen LogP contribution is -2.34. The highest BCUT2D eigenvalue weighted by Crippen LogP contribution is 2.19. The lowest BCUT2D eigenvalue weighted by Gasteiger charge is -2.21. The Labute approximate surface area is 146 Å². The molecule has 1 amide bonds. The summed E-state index contributed by atoms with van der Waals surface area (Å²) in [6.45, 7) is 4.74. The quantitative estimate of drug-likeness (QED) is 0.690. The molecule has 0 atom stereocenters. The van der Waals surface area contributed by atoms with Crippen LogP contribution in [0.25, 0.3) is 0 Å². The minimum absolute atomic E-state index is 0.187. The van der Waals surface area contributed by atoms with E-state index in [1.165, 1.54) is 7.76 Å². The van der Waals surface area contributed by atoms with Crippen LogP contribution in [0.3, 0.4) is 0 Å². The van der Waals surface area contributed by atoms with Gasteiger partial charge in [-0.1, -0.05) is 6.07 Å². The van der Waals surface area contributed by atoms with E-state index < -0.39 is 0 Å². The molecule has 1 saturated heterocycles. The SMILES string of the molecule is O=C(c1csc(I)c1)N1CCCN(Cc2cccs2)CC1. The monoisotopic (exact) mass is 432 g/mol. The Morgan fingerprint density at radius 1 is 1.24 bits per heavy atom. The zero-order chi connectivity index (χ0) is 14.7. The van der Waals surface area contributed by atoms with Crippen molar-refractivity contribution in [1.29, 1.82) is 0 Å². The molecule has 3 nitrogen and oxygen atoms in total. The summed E-state index contributed by atoms with van der Waals surface area (Å²) in [4.78, 5) is 18.4. The van der Waals surface area contributed by atoms with Crippen LogP contribution < -0.4 is 0 Å². The lowest BCUT2D eigenvalue weighted by molar-refractivity contribution is 0.0761. The van der Waals surface area contributed by atoms with E-state index in [-0.39, 0.29) is 5.91 Å². The molecule has 2 aromatic rings. The van der Waals surface area contributed by atoms with Gasteiger partial charge in [0.15, 0.2) is 0 Å². The van der Waals surface area contributed by atoms with E-state index in [4.69, 9.17) is 0 Å². The van der Waals surface area contributed by atoms with Crippen molar-refractivity contribution >= 4 is 51.2 Å². The lowest BCUT2D eigenvalue weighted by atomic mass is 10.3. The first-order chi connectivity index (χ1) is 10.2. The van der Waals surface area contributed by atoms with Crippen molar-refractivity contribution in [3.05, 3.63) is 42.3 Å². The summed E-state index contributed by atoms with van der Waals surface area (Å²) >= 11 is 5.71. The van der Waals surface area contributed by atoms with Gasteiger partial charge in [-0.15, -0.1) is 22.7 Å². The van der Waals surface area contributed by atoms with Crippen LogP contribution in [0.1, 0.15) is 21.7 Å². The number of hydrogen-bond acceptors (Lipinski definition) is 4. The second-order valence-corrected chi connectivity index (χ2v) is 8.98. The van der Waals surface area contributed by atoms with E-state index in [1.807, 2.05) is 27.7 Å². The van der Waals surface area contributed by atoms with Crippen molar-refractivity contribution in [2.75, 3.05) is 26.2 Å². The topological polar surface area (TPSA) is 23.6 Å². The van der Waals surface area contributed by atoms with Crippen LogP contribution in [-0.2, 0) is 6.54 Å². The Balaban J connectivity index is 1.59. The molecule has 1 fully saturated rings. The summed E-state index contributed by atoms with van der Waals surface area (Å²) in [6.07, 6.45) is 1.05. The summed E-state index contributed by atoms with van der Waals surface area (Å²) in [6, 6.07) is 6.28. The Hall–Kier alpha value is -0.440. The van der Waals surface area contributed by atoms with Crippen molar-refractivity contribution in [3.63, 3.8) is 0 Å². The first kappa shape index (κ1) is 15.5. The maximum atomic E-state index is 12.5. The van der Waals surface area contributed by atoms with Crippen LogP contribution in [0.4, 0.5) is 0 Å². The van der Waals surface area contributed by atoms with Crippen molar-refractivity contribution in [1.82, 2.24) is 9.80 Å². The first-order valence-corrected chi connectivity index (χ1v) is 9.84. The van der Waals surface area contributed by atoms with Gasteiger partial charge in [0.05, 0.1) is 8.45 Å². The minimum atomic E-state index is 0.187. The third-order valence-corrected chi connectivity index (χ3v) is 6.30. The van der Waals surface area contributed by atoms with Gasteiger partial charge in [-0.25, -0.2) is 0 Å². The maximum absolute atomic E-state index is 12.5. The predicted molar refractivity (Wildman–Crippen MR) is 97.2 cm³/mol. The fourth-order valence-electron chi connectivity index (χ4n) is 2.56. The van der Waals surface area contributed by atoms with Gasteiger partial charge in [0.2, 0.25) is 0 Å². The number of carbonyl (C=O) groups excluding carboxylic acids is 1. The third-order valence-electron chi connectivity index (χ3n) is 3.65. The molecule has 0 radical (unpaired) electrons.